The molecule has 2 aromatic rings. The van der Waals surface area contributed by atoms with Crippen molar-refractivity contribution >= 4 is 17.7 Å². The molecule has 0 bridgehead atoms. The summed E-state index contributed by atoms with van der Waals surface area (Å²) in [6.07, 6.45) is -1.04. The van der Waals surface area contributed by atoms with Crippen molar-refractivity contribution in [2.75, 3.05) is 0 Å². The minimum Gasteiger partial charge on any atom is -0.448 e. The van der Waals surface area contributed by atoms with Gasteiger partial charge in [0.2, 0.25) is 0 Å². The van der Waals surface area contributed by atoms with Crippen molar-refractivity contribution in [2.24, 2.45) is 0 Å². The molecule has 144 valence electrons. The number of ketones is 1. The number of benzene rings is 1. The summed E-state index contributed by atoms with van der Waals surface area (Å²) in [5.74, 6) is -1.70. The zero-order valence-corrected chi connectivity index (χ0v) is 16.0. The summed E-state index contributed by atoms with van der Waals surface area (Å²) < 4.78 is 18.2. The van der Waals surface area contributed by atoms with Crippen LogP contribution in [0.15, 0.2) is 24.3 Å². The third-order valence-corrected chi connectivity index (χ3v) is 4.38. The highest BCUT2D eigenvalue weighted by molar-refractivity contribution is 6.01. The molecule has 1 amide bonds. The maximum Gasteiger partial charge on any atom is 0.355 e. The van der Waals surface area contributed by atoms with Crippen molar-refractivity contribution in [3.05, 3.63) is 58.2 Å². The number of esters is 1. The van der Waals surface area contributed by atoms with Crippen LogP contribution in [0.5, 0.6) is 0 Å². The molecule has 0 saturated carbocycles. The van der Waals surface area contributed by atoms with Crippen molar-refractivity contribution in [2.45, 2.75) is 46.8 Å². The fourth-order valence-electron chi connectivity index (χ4n) is 2.92. The number of ether oxygens (including phenoxy) is 1. The lowest BCUT2D eigenvalue weighted by atomic mass is 10.1. The van der Waals surface area contributed by atoms with Crippen LogP contribution in [0.4, 0.5) is 4.39 Å². The molecular weight excluding hydrogens is 351 g/mol. The van der Waals surface area contributed by atoms with Gasteiger partial charge in [0.1, 0.15) is 11.5 Å². The quantitative estimate of drug-likeness (QED) is 0.599. The Hall–Kier alpha value is -2.96. The van der Waals surface area contributed by atoms with E-state index >= 15 is 0 Å². The third-order valence-electron chi connectivity index (χ3n) is 4.38. The Morgan fingerprint density at radius 2 is 1.70 bits per heavy atom. The van der Waals surface area contributed by atoms with E-state index in [2.05, 4.69) is 10.3 Å². The molecule has 0 fully saturated rings. The summed E-state index contributed by atoms with van der Waals surface area (Å²) in [4.78, 5) is 39.2. The van der Waals surface area contributed by atoms with E-state index in [0.29, 0.717) is 16.8 Å². The van der Waals surface area contributed by atoms with Gasteiger partial charge in [-0.3, -0.25) is 9.59 Å². The van der Waals surface area contributed by atoms with Crippen molar-refractivity contribution in [1.82, 2.24) is 10.3 Å². The predicted molar refractivity (Wildman–Crippen MR) is 98.1 cm³/mol. The van der Waals surface area contributed by atoms with E-state index in [0.717, 1.165) is 5.56 Å². The second-order valence-corrected chi connectivity index (χ2v) is 6.51. The van der Waals surface area contributed by atoms with Crippen molar-refractivity contribution in [3.8, 4) is 0 Å². The summed E-state index contributed by atoms with van der Waals surface area (Å²) in [5.41, 5.74) is 2.41. The van der Waals surface area contributed by atoms with Crippen LogP contribution in [0.25, 0.3) is 0 Å². The van der Waals surface area contributed by atoms with Gasteiger partial charge >= 0.3 is 5.97 Å². The van der Waals surface area contributed by atoms with E-state index in [4.69, 9.17) is 4.74 Å². The fourth-order valence-corrected chi connectivity index (χ4v) is 2.92. The summed E-state index contributed by atoms with van der Waals surface area (Å²) >= 11 is 0. The van der Waals surface area contributed by atoms with Gasteiger partial charge in [-0.1, -0.05) is 12.1 Å². The molecule has 6 nitrogen and oxygen atoms in total. The first-order chi connectivity index (χ1) is 12.6. The first-order valence-electron chi connectivity index (χ1n) is 8.58. The lowest BCUT2D eigenvalue weighted by Gasteiger charge is -2.18. The van der Waals surface area contributed by atoms with E-state index in [1.165, 1.54) is 26.0 Å². The van der Waals surface area contributed by atoms with Gasteiger partial charge in [0, 0.05) is 11.3 Å². The number of hydrogen-bond donors (Lipinski definition) is 2. The number of aromatic amines is 1. The molecular formula is C20H23FN2O4. The van der Waals surface area contributed by atoms with Crippen LogP contribution in [0, 0.1) is 19.7 Å². The number of carbonyl (C=O) groups is 3. The van der Waals surface area contributed by atoms with E-state index in [1.54, 1.807) is 32.9 Å². The van der Waals surface area contributed by atoms with Crippen LogP contribution in [0.3, 0.4) is 0 Å². The molecule has 27 heavy (non-hydrogen) atoms. The number of amides is 1. The van der Waals surface area contributed by atoms with E-state index in [9.17, 15) is 18.8 Å². The highest BCUT2D eigenvalue weighted by atomic mass is 19.1. The molecule has 0 radical (unpaired) electrons. The number of rotatable bonds is 6. The van der Waals surface area contributed by atoms with Gasteiger partial charge in [-0.05, 0) is 57.9 Å². The second kappa shape index (κ2) is 8.16. The van der Waals surface area contributed by atoms with E-state index in [-0.39, 0.29) is 23.3 Å². The number of aromatic nitrogens is 1. The molecule has 2 atom stereocenters. The van der Waals surface area contributed by atoms with Crippen LogP contribution in [-0.2, 0) is 9.53 Å². The monoisotopic (exact) mass is 374 g/mol. The molecule has 2 N–H and O–H groups in total. The number of nitrogens with one attached hydrogen (secondary N) is 2. The van der Waals surface area contributed by atoms with Crippen LogP contribution in [0.2, 0.25) is 0 Å². The van der Waals surface area contributed by atoms with E-state index in [1.807, 2.05) is 0 Å². The number of Topliss-reactive ketones (excluding diaryl/α,β-unsaturated/α-hetero) is 1. The number of H-pyrrole nitrogens is 1. The molecule has 7 heteroatoms. The fraction of sp³-hybridized carbons (Fsp3) is 0.350. The highest BCUT2D eigenvalue weighted by Crippen LogP contribution is 2.20. The maximum atomic E-state index is 13.0. The van der Waals surface area contributed by atoms with Crippen LogP contribution < -0.4 is 5.32 Å². The third kappa shape index (κ3) is 4.61. The SMILES string of the molecule is CC(=O)c1c(C)[nH]c(C(=O)OC(C)C(=O)NC(C)c2ccc(F)cc2)c1C. The Labute approximate surface area is 157 Å². The maximum absolute atomic E-state index is 13.0. The van der Waals surface area contributed by atoms with Crippen LogP contribution >= 0.6 is 0 Å². The molecule has 2 rings (SSSR count). The van der Waals surface area contributed by atoms with Gasteiger partial charge < -0.3 is 15.0 Å². The Morgan fingerprint density at radius 1 is 1.11 bits per heavy atom. The van der Waals surface area contributed by atoms with Crippen LogP contribution in [0.1, 0.15) is 64.5 Å². The van der Waals surface area contributed by atoms with Crippen LogP contribution in [-0.4, -0.2) is 28.7 Å². The standard InChI is InChI=1S/C20H23FN2O4/c1-10-17(13(4)24)12(3)22-18(10)20(26)27-14(5)19(25)23-11(2)15-6-8-16(21)9-7-15/h6-9,11,14,22H,1-5H3,(H,23,25). The Morgan fingerprint density at radius 3 is 2.22 bits per heavy atom. The normalized spacial score (nSPS) is 13.0. The Bertz CT molecular complexity index is 871. The second-order valence-electron chi connectivity index (χ2n) is 6.51. The smallest absolute Gasteiger partial charge is 0.355 e. The van der Waals surface area contributed by atoms with E-state index < -0.39 is 18.0 Å². The summed E-state index contributed by atoms with van der Waals surface area (Å²) in [6.45, 7) is 7.98. The minimum absolute atomic E-state index is 0.154. The number of hydrogen-bond acceptors (Lipinski definition) is 4. The summed E-state index contributed by atoms with van der Waals surface area (Å²) in [6, 6.07) is 5.39. The average molecular weight is 374 g/mol. The molecule has 0 spiro atoms. The molecule has 0 saturated heterocycles. The van der Waals surface area contributed by atoms with Gasteiger partial charge in [0.25, 0.3) is 5.91 Å². The first kappa shape index (κ1) is 20.4. The Kier molecular flexibility index (Phi) is 6.15. The number of carbonyl (C=O) groups excluding carboxylic acids is 3. The molecule has 1 aromatic heterocycles. The summed E-state index contributed by atoms with van der Waals surface area (Å²) in [7, 11) is 0. The van der Waals surface area contributed by atoms with Crippen molar-refractivity contribution in [3.63, 3.8) is 0 Å². The predicted octanol–water partition coefficient (Wildman–Crippen LogP) is 3.40. The molecule has 0 aliphatic rings. The van der Waals surface area contributed by atoms with Gasteiger partial charge in [0.15, 0.2) is 11.9 Å². The van der Waals surface area contributed by atoms with Gasteiger partial charge in [-0.25, -0.2) is 9.18 Å². The molecule has 1 aromatic carbocycles. The van der Waals surface area contributed by atoms with Crippen molar-refractivity contribution in [1.29, 1.82) is 0 Å². The zero-order chi connectivity index (χ0) is 20.3. The van der Waals surface area contributed by atoms with Gasteiger partial charge in [-0.2, -0.15) is 0 Å². The molecule has 1 heterocycles. The highest BCUT2D eigenvalue weighted by Gasteiger charge is 2.25. The Balaban J connectivity index is 2.03. The molecule has 2 unspecified atom stereocenters. The lowest BCUT2D eigenvalue weighted by Crippen LogP contribution is -2.37. The average Bonchev–Trinajstić information content (AvgIpc) is 2.89. The minimum atomic E-state index is -1.04. The summed E-state index contributed by atoms with van der Waals surface area (Å²) in [5, 5.41) is 2.72. The molecule has 0 aliphatic carbocycles. The zero-order valence-electron chi connectivity index (χ0n) is 16.0. The van der Waals surface area contributed by atoms with Gasteiger partial charge in [-0.15, -0.1) is 0 Å². The first-order valence-corrected chi connectivity index (χ1v) is 8.58. The largest absolute Gasteiger partial charge is 0.448 e. The number of aryl methyl sites for hydroxylation is 1. The van der Waals surface area contributed by atoms with Crippen molar-refractivity contribution < 1.29 is 23.5 Å². The van der Waals surface area contributed by atoms with Gasteiger partial charge in [0.05, 0.1) is 6.04 Å². The topological polar surface area (TPSA) is 88.3 Å². The molecule has 0 aliphatic heterocycles. The number of halogens is 1. The lowest BCUT2D eigenvalue weighted by molar-refractivity contribution is -0.129.